The van der Waals surface area contributed by atoms with E-state index in [0.717, 1.165) is 22.4 Å². The summed E-state index contributed by atoms with van der Waals surface area (Å²) in [4.78, 5) is 25.5. The van der Waals surface area contributed by atoms with Gasteiger partial charge in [-0.3, -0.25) is 9.79 Å². The lowest BCUT2D eigenvalue weighted by molar-refractivity contribution is -0.118. The Labute approximate surface area is 155 Å². The number of Topliss-reactive ketones (excluding diaryl/α,β-unsaturated/α-hetero) is 1. The number of hydrogen-bond donors (Lipinski definition) is 1. The number of aliphatic imine (C=N–C) groups is 1. The van der Waals surface area contributed by atoms with Gasteiger partial charge in [-0.25, -0.2) is 9.97 Å². The van der Waals surface area contributed by atoms with E-state index in [4.69, 9.17) is 16.6 Å². The number of benzene rings is 2. The Kier molecular flexibility index (Phi) is 4.46. The number of nitrogens with one attached hydrogen (secondary N) is 1. The summed E-state index contributed by atoms with van der Waals surface area (Å²) in [5, 5.41) is 3.38. The molecule has 1 aromatic heterocycles. The normalized spacial score (nSPS) is 16.4. The molecule has 0 saturated heterocycles. The van der Waals surface area contributed by atoms with E-state index in [-0.39, 0.29) is 5.78 Å². The highest BCUT2D eigenvalue weighted by Gasteiger charge is 2.26. The molecule has 6 heteroatoms. The van der Waals surface area contributed by atoms with Crippen LogP contribution < -0.4 is 5.32 Å². The molecule has 0 radical (unpaired) electrons. The Morgan fingerprint density at radius 1 is 1.00 bits per heavy atom. The molecule has 2 aromatic carbocycles. The van der Waals surface area contributed by atoms with Crippen molar-refractivity contribution in [3.05, 3.63) is 88.8 Å². The topological polar surface area (TPSA) is 67.2 Å². The molecule has 1 N–H and O–H groups in total. The minimum atomic E-state index is -0.747. The third-order valence-corrected chi connectivity index (χ3v) is 4.37. The first kappa shape index (κ1) is 16.4. The molecule has 1 atom stereocenters. The zero-order valence-corrected chi connectivity index (χ0v) is 14.5. The second-order valence-corrected chi connectivity index (χ2v) is 6.30. The minimum Gasteiger partial charge on any atom is -0.342 e. The van der Waals surface area contributed by atoms with Crippen LogP contribution in [0.1, 0.15) is 16.7 Å². The highest BCUT2D eigenvalue weighted by atomic mass is 35.5. The minimum absolute atomic E-state index is 0.0295. The van der Waals surface area contributed by atoms with Crippen molar-refractivity contribution in [2.75, 3.05) is 5.32 Å². The summed E-state index contributed by atoms with van der Waals surface area (Å²) in [7, 11) is 0. The van der Waals surface area contributed by atoms with Crippen LogP contribution in [0.25, 0.3) is 0 Å². The van der Waals surface area contributed by atoms with E-state index in [1.165, 1.54) is 6.33 Å². The fraction of sp³-hybridized carbons (Fsp3) is 0.100. The zero-order chi connectivity index (χ0) is 17.9. The summed E-state index contributed by atoms with van der Waals surface area (Å²) in [6.45, 7) is 0. The second-order valence-electron chi connectivity index (χ2n) is 5.92. The van der Waals surface area contributed by atoms with E-state index in [2.05, 4.69) is 15.3 Å². The maximum absolute atomic E-state index is 12.8. The Bertz CT molecular complexity index is 988. The summed E-state index contributed by atoms with van der Waals surface area (Å²) < 4.78 is 0. The first-order valence-corrected chi connectivity index (χ1v) is 8.57. The maximum atomic E-state index is 12.8. The van der Waals surface area contributed by atoms with Gasteiger partial charge in [0, 0.05) is 23.6 Å². The van der Waals surface area contributed by atoms with Crippen LogP contribution in [0.15, 0.2) is 72.0 Å². The van der Waals surface area contributed by atoms with Gasteiger partial charge in [0.15, 0.2) is 11.9 Å². The third-order valence-electron chi connectivity index (χ3n) is 4.17. The fourth-order valence-corrected chi connectivity index (χ4v) is 3.10. The Morgan fingerprint density at radius 2 is 1.77 bits per heavy atom. The van der Waals surface area contributed by atoms with Crippen LogP contribution in [-0.4, -0.2) is 27.6 Å². The van der Waals surface area contributed by atoms with Gasteiger partial charge in [0.1, 0.15) is 17.3 Å². The van der Waals surface area contributed by atoms with Crippen LogP contribution >= 0.6 is 11.6 Å². The third kappa shape index (κ3) is 3.34. The number of fused-ring (bicyclic) bond motifs is 1. The van der Waals surface area contributed by atoms with Gasteiger partial charge in [-0.2, -0.15) is 0 Å². The molecule has 1 unspecified atom stereocenters. The molecule has 0 aliphatic carbocycles. The lowest BCUT2D eigenvalue weighted by Crippen LogP contribution is -2.29. The number of carbonyl (C=O) groups is 1. The van der Waals surface area contributed by atoms with E-state index >= 15 is 0 Å². The van der Waals surface area contributed by atoms with Crippen LogP contribution in [0.3, 0.4) is 0 Å². The zero-order valence-electron chi connectivity index (χ0n) is 13.8. The number of anilines is 1. The first-order valence-electron chi connectivity index (χ1n) is 8.19. The van der Waals surface area contributed by atoms with Gasteiger partial charge in [0.25, 0.3) is 0 Å². The van der Waals surface area contributed by atoms with Gasteiger partial charge in [0.05, 0.1) is 5.71 Å². The SMILES string of the molecule is O=C1Cc2ccccc2C(c2ccccc2)=NC1Nc1cc(Cl)ncn1. The standard InChI is InChI=1S/C20H15ClN4O/c21-17-11-18(23-12-22-17)24-20-16(26)10-14-8-4-5-9-15(14)19(25-20)13-6-2-1-3-7-13/h1-9,11-12,20H,10H2,(H,22,23,24). The monoisotopic (exact) mass is 362 g/mol. The van der Waals surface area contributed by atoms with Gasteiger partial charge in [-0.15, -0.1) is 0 Å². The van der Waals surface area contributed by atoms with Gasteiger partial charge in [0.2, 0.25) is 0 Å². The fourth-order valence-electron chi connectivity index (χ4n) is 2.95. The van der Waals surface area contributed by atoms with E-state index in [1.807, 2.05) is 54.6 Å². The quantitative estimate of drug-likeness (QED) is 0.724. The van der Waals surface area contributed by atoms with Crippen LogP contribution in [0, 0.1) is 0 Å². The first-order chi connectivity index (χ1) is 12.7. The van der Waals surface area contributed by atoms with E-state index in [9.17, 15) is 4.79 Å². The van der Waals surface area contributed by atoms with Gasteiger partial charge in [-0.05, 0) is 5.56 Å². The summed E-state index contributed by atoms with van der Waals surface area (Å²) in [5.74, 6) is 0.434. The Balaban J connectivity index is 1.79. The Morgan fingerprint density at radius 3 is 2.58 bits per heavy atom. The summed E-state index contributed by atoms with van der Waals surface area (Å²) in [6, 6.07) is 19.3. The number of nitrogens with zero attached hydrogens (tertiary/aromatic N) is 3. The smallest absolute Gasteiger partial charge is 0.181 e. The molecule has 1 aliphatic heterocycles. The van der Waals surface area contributed by atoms with Gasteiger partial charge in [-0.1, -0.05) is 66.2 Å². The molecule has 26 heavy (non-hydrogen) atoms. The number of carbonyl (C=O) groups excluding carboxylic acids is 1. The second kappa shape index (κ2) is 7.06. The lowest BCUT2D eigenvalue weighted by Gasteiger charge is -2.14. The number of halogens is 1. The molecular weight excluding hydrogens is 348 g/mol. The van der Waals surface area contributed by atoms with Crippen molar-refractivity contribution >= 4 is 28.9 Å². The average molecular weight is 363 g/mol. The molecular formula is C20H15ClN4O. The highest BCUT2D eigenvalue weighted by Crippen LogP contribution is 2.22. The number of rotatable bonds is 3. The summed E-state index contributed by atoms with van der Waals surface area (Å²) in [5.41, 5.74) is 3.68. The van der Waals surface area contributed by atoms with E-state index in [1.54, 1.807) is 6.07 Å². The predicted octanol–water partition coefficient (Wildman–Crippen LogP) is 3.53. The molecule has 2 heterocycles. The van der Waals surface area contributed by atoms with Crippen molar-refractivity contribution in [1.82, 2.24) is 9.97 Å². The van der Waals surface area contributed by atoms with E-state index < -0.39 is 6.17 Å². The summed E-state index contributed by atoms with van der Waals surface area (Å²) in [6.07, 6.45) is 0.901. The molecule has 0 amide bonds. The number of hydrogen-bond acceptors (Lipinski definition) is 5. The average Bonchev–Trinajstić information content (AvgIpc) is 2.79. The molecule has 1 aliphatic rings. The van der Waals surface area contributed by atoms with Crippen molar-refractivity contribution in [3.63, 3.8) is 0 Å². The van der Waals surface area contributed by atoms with Crippen molar-refractivity contribution in [1.29, 1.82) is 0 Å². The van der Waals surface area contributed by atoms with Gasteiger partial charge >= 0.3 is 0 Å². The molecule has 0 fully saturated rings. The number of aromatic nitrogens is 2. The van der Waals surface area contributed by atoms with Crippen LogP contribution in [0.2, 0.25) is 5.15 Å². The Hall–Kier alpha value is -3.05. The maximum Gasteiger partial charge on any atom is 0.181 e. The molecule has 3 aromatic rings. The van der Waals surface area contributed by atoms with Crippen molar-refractivity contribution < 1.29 is 4.79 Å². The predicted molar refractivity (Wildman–Crippen MR) is 102 cm³/mol. The number of ketones is 1. The largest absolute Gasteiger partial charge is 0.342 e. The van der Waals surface area contributed by atoms with Crippen molar-refractivity contribution in [2.45, 2.75) is 12.6 Å². The molecule has 0 spiro atoms. The molecule has 0 bridgehead atoms. The summed E-state index contributed by atoms with van der Waals surface area (Å²) >= 11 is 5.92. The molecule has 128 valence electrons. The molecule has 5 nitrogen and oxygen atoms in total. The van der Waals surface area contributed by atoms with Crippen molar-refractivity contribution in [2.24, 2.45) is 4.99 Å². The molecule has 0 saturated carbocycles. The van der Waals surface area contributed by atoms with Gasteiger partial charge < -0.3 is 5.32 Å². The van der Waals surface area contributed by atoms with Crippen molar-refractivity contribution in [3.8, 4) is 0 Å². The highest BCUT2D eigenvalue weighted by molar-refractivity contribution is 6.29. The van der Waals surface area contributed by atoms with Crippen LogP contribution in [0.4, 0.5) is 5.82 Å². The lowest BCUT2D eigenvalue weighted by atomic mass is 9.96. The molecule has 4 rings (SSSR count). The van der Waals surface area contributed by atoms with Crippen LogP contribution in [0.5, 0.6) is 0 Å². The van der Waals surface area contributed by atoms with Crippen LogP contribution in [-0.2, 0) is 11.2 Å². The van der Waals surface area contributed by atoms with E-state index in [0.29, 0.717) is 17.4 Å².